The van der Waals surface area contributed by atoms with Crippen molar-refractivity contribution in [3.63, 3.8) is 0 Å². The van der Waals surface area contributed by atoms with Crippen LogP contribution in [-0.2, 0) is 6.42 Å². The van der Waals surface area contributed by atoms with Crippen LogP contribution in [0.3, 0.4) is 0 Å². The van der Waals surface area contributed by atoms with Crippen LogP contribution in [0.5, 0.6) is 5.75 Å². The summed E-state index contributed by atoms with van der Waals surface area (Å²) in [6.07, 6.45) is 2.39. The van der Waals surface area contributed by atoms with Crippen LogP contribution in [-0.4, -0.2) is 81.8 Å². The van der Waals surface area contributed by atoms with Gasteiger partial charge in [-0.05, 0) is 38.2 Å². The van der Waals surface area contributed by atoms with Crippen LogP contribution in [0.15, 0.2) is 29.3 Å². The predicted octanol–water partition coefficient (Wildman–Crippen LogP) is 0.793. The molecule has 0 radical (unpaired) electrons. The molecule has 0 saturated carbocycles. The average Bonchev–Trinajstić information content (AvgIpc) is 2.93. The molecule has 2 aliphatic rings. The Morgan fingerprint density at radius 2 is 2.08 bits per heavy atom. The number of nitrogens with zero attached hydrogens (tertiary/aromatic N) is 3. The summed E-state index contributed by atoms with van der Waals surface area (Å²) in [6, 6.07) is 8.27. The molecule has 0 aliphatic carbocycles. The molecule has 0 bridgehead atoms. The van der Waals surface area contributed by atoms with Crippen LogP contribution in [0, 0.1) is 0 Å². The van der Waals surface area contributed by atoms with E-state index >= 15 is 0 Å². The van der Waals surface area contributed by atoms with Crippen molar-refractivity contribution in [2.45, 2.75) is 18.9 Å². The van der Waals surface area contributed by atoms with Crippen LogP contribution in [0.4, 0.5) is 0 Å². The largest absolute Gasteiger partial charge is 0.488 e. The lowest BCUT2D eigenvalue weighted by molar-refractivity contribution is 0.234. The molecule has 3 rings (SSSR count). The van der Waals surface area contributed by atoms with Crippen LogP contribution in [0.2, 0.25) is 0 Å². The average molecular weight is 345 g/mol. The molecule has 0 amide bonds. The number of para-hydroxylation sites is 1. The highest BCUT2D eigenvalue weighted by Gasteiger charge is 2.22. The van der Waals surface area contributed by atoms with Gasteiger partial charge in [0.1, 0.15) is 11.9 Å². The zero-order valence-corrected chi connectivity index (χ0v) is 15.5. The van der Waals surface area contributed by atoms with Gasteiger partial charge in [0.2, 0.25) is 0 Å². The Morgan fingerprint density at radius 1 is 1.20 bits per heavy atom. The minimum absolute atomic E-state index is 0.178. The van der Waals surface area contributed by atoms with E-state index in [9.17, 15) is 0 Å². The van der Waals surface area contributed by atoms with E-state index in [1.54, 1.807) is 0 Å². The first kappa shape index (κ1) is 18.0. The van der Waals surface area contributed by atoms with E-state index in [1.165, 1.54) is 25.1 Å². The number of aliphatic imine (C=N–C) groups is 1. The first-order valence-corrected chi connectivity index (χ1v) is 9.34. The normalized spacial score (nSPS) is 22.2. The number of likely N-dealkylation sites (N-methyl/N-ethyl adjacent to an activating group) is 1. The molecule has 2 aliphatic heterocycles. The van der Waals surface area contributed by atoms with E-state index in [-0.39, 0.29) is 6.10 Å². The summed E-state index contributed by atoms with van der Waals surface area (Å²) in [7, 11) is 4.03. The molecule has 1 unspecified atom stereocenters. The molecule has 1 saturated heterocycles. The van der Waals surface area contributed by atoms with Crippen molar-refractivity contribution in [3.8, 4) is 5.75 Å². The lowest BCUT2D eigenvalue weighted by atomic mass is 10.1. The molecule has 1 fully saturated rings. The third-order valence-corrected chi connectivity index (χ3v) is 4.97. The van der Waals surface area contributed by atoms with Crippen molar-refractivity contribution in [1.29, 1.82) is 0 Å². The van der Waals surface area contributed by atoms with Crippen molar-refractivity contribution in [2.75, 3.05) is 59.9 Å². The van der Waals surface area contributed by atoms with Crippen molar-refractivity contribution >= 4 is 5.96 Å². The van der Waals surface area contributed by atoms with E-state index < -0.39 is 0 Å². The van der Waals surface area contributed by atoms with Gasteiger partial charge < -0.3 is 25.2 Å². The number of ether oxygens (including phenoxy) is 1. The fraction of sp³-hybridized carbons (Fsp3) is 0.632. The third kappa shape index (κ3) is 5.34. The molecule has 0 aromatic heterocycles. The Kier molecular flexibility index (Phi) is 6.53. The molecule has 1 aromatic rings. The molecular formula is C19H31N5O. The number of fused-ring (bicyclic) bond motifs is 1. The Bertz CT molecular complexity index is 552. The van der Waals surface area contributed by atoms with Gasteiger partial charge in [-0.2, -0.15) is 0 Å². The molecule has 2 heterocycles. The standard InChI is InChI=1S/C19H31N5O/c1-20-19(21-8-11-24-10-5-9-23(2)12-13-24)22-15-17-14-16-6-3-4-7-18(16)25-17/h3-4,6-7,17H,5,8-15H2,1-2H3,(H2,20,21,22). The summed E-state index contributed by atoms with van der Waals surface area (Å²) >= 11 is 0. The number of guanidine groups is 1. The Balaban J connectivity index is 1.35. The first-order valence-electron chi connectivity index (χ1n) is 9.34. The van der Waals surface area contributed by atoms with Crippen molar-refractivity contribution in [2.24, 2.45) is 4.99 Å². The minimum atomic E-state index is 0.178. The summed E-state index contributed by atoms with van der Waals surface area (Å²) in [4.78, 5) is 9.26. The van der Waals surface area contributed by atoms with Crippen LogP contribution in [0.25, 0.3) is 0 Å². The predicted molar refractivity (Wildman–Crippen MR) is 102 cm³/mol. The SMILES string of the molecule is CN=C(NCCN1CCCN(C)CC1)NCC1Cc2ccccc2O1. The Labute approximate surface area is 151 Å². The Morgan fingerprint density at radius 3 is 2.92 bits per heavy atom. The van der Waals surface area contributed by atoms with Gasteiger partial charge in [0.15, 0.2) is 5.96 Å². The maximum Gasteiger partial charge on any atom is 0.191 e. The quantitative estimate of drug-likeness (QED) is 0.611. The van der Waals surface area contributed by atoms with E-state index in [1.807, 2.05) is 19.2 Å². The van der Waals surface area contributed by atoms with Crippen molar-refractivity contribution in [3.05, 3.63) is 29.8 Å². The summed E-state index contributed by atoms with van der Waals surface area (Å²) < 4.78 is 5.97. The van der Waals surface area contributed by atoms with Gasteiger partial charge >= 0.3 is 0 Å². The molecule has 2 N–H and O–H groups in total. The minimum Gasteiger partial charge on any atom is -0.488 e. The van der Waals surface area contributed by atoms with Gasteiger partial charge in [-0.3, -0.25) is 4.99 Å². The summed E-state index contributed by atoms with van der Waals surface area (Å²) in [5.74, 6) is 1.87. The van der Waals surface area contributed by atoms with E-state index in [0.717, 1.165) is 50.9 Å². The third-order valence-electron chi connectivity index (χ3n) is 4.97. The van der Waals surface area contributed by atoms with Gasteiger partial charge in [-0.25, -0.2) is 0 Å². The lowest BCUT2D eigenvalue weighted by Crippen LogP contribution is -2.45. The van der Waals surface area contributed by atoms with E-state index in [2.05, 4.69) is 44.6 Å². The highest BCUT2D eigenvalue weighted by molar-refractivity contribution is 5.79. The Hall–Kier alpha value is -1.79. The summed E-state index contributed by atoms with van der Waals surface area (Å²) in [5.41, 5.74) is 1.29. The van der Waals surface area contributed by atoms with Crippen molar-refractivity contribution in [1.82, 2.24) is 20.4 Å². The number of hydrogen-bond donors (Lipinski definition) is 2. The molecule has 1 atom stereocenters. The highest BCUT2D eigenvalue weighted by atomic mass is 16.5. The second kappa shape index (κ2) is 9.06. The monoisotopic (exact) mass is 345 g/mol. The molecule has 6 heteroatoms. The number of benzene rings is 1. The maximum atomic E-state index is 5.97. The van der Waals surface area contributed by atoms with Crippen LogP contribution >= 0.6 is 0 Å². The molecule has 0 spiro atoms. The maximum absolute atomic E-state index is 5.97. The van der Waals surface area contributed by atoms with Gasteiger partial charge in [-0.15, -0.1) is 0 Å². The highest BCUT2D eigenvalue weighted by Crippen LogP contribution is 2.27. The molecule has 1 aromatic carbocycles. The second-order valence-electron chi connectivity index (χ2n) is 6.93. The first-order chi connectivity index (χ1) is 12.2. The van der Waals surface area contributed by atoms with Crippen LogP contribution < -0.4 is 15.4 Å². The summed E-state index contributed by atoms with van der Waals surface area (Å²) in [5, 5.41) is 6.81. The molecule has 6 nitrogen and oxygen atoms in total. The van der Waals surface area contributed by atoms with E-state index in [0.29, 0.717) is 0 Å². The fourth-order valence-corrected chi connectivity index (χ4v) is 3.45. The molecular weight excluding hydrogens is 314 g/mol. The van der Waals surface area contributed by atoms with Gasteiger partial charge in [-0.1, -0.05) is 18.2 Å². The van der Waals surface area contributed by atoms with Gasteiger partial charge in [0.05, 0.1) is 6.54 Å². The zero-order chi connectivity index (χ0) is 17.5. The van der Waals surface area contributed by atoms with E-state index in [4.69, 9.17) is 4.74 Å². The topological polar surface area (TPSA) is 52.1 Å². The van der Waals surface area contributed by atoms with Gasteiger partial charge in [0, 0.05) is 39.6 Å². The lowest BCUT2D eigenvalue weighted by Gasteiger charge is -2.21. The van der Waals surface area contributed by atoms with Gasteiger partial charge in [0.25, 0.3) is 0 Å². The van der Waals surface area contributed by atoms with Crippen LogP contribution in [0.1, 0.15) is 12.0 Å². The zero-order valence-electron chi connectivity index (χ0n) is 15.5. The summed E-state index contributed by atoms with van der Waals surface area (Å²) in [6.45, 7) is 7.44. The smallest absolute Gasteiger partial charge is 0.191 e. The van der Waals surface area contributed by atoms with Crippen molar-refractivity contribution < 1.29 is 4.74 Å². The number of nitrogens with one attached hydrogen (secondary N) is 2. The molecule has 25 heavy (non-hydrogen) atoms. The number of hydrogen-bond acceptors (Lipinski definition) is 4. The fourth-order valence-electron chi connectivity index (χ4n) is 3.45. The molecule has 138 valence electrons. The number of rotatable bonds is 5. The second-order valence-corrected chi connectivity index (χ2v) is 6.93.